The van der Waals surface area contributed by atoms with Gasteiger partial charge in [-0.2, -0.15) is 0 Å². The Morgan fingerprint density at radius 1 is 1.41 bits per heavy atom. The van der Waals surface area contributed by atoms with Gasteiger partial charge in [-0.3, -0.25) is 4.79 Å². The molecule has 4 atom stereocenters. The van der Waals surface area contributed by atoms with Crippen LogP contribution in [0.4, 0.5) is 0 Å². The molecule has 2 bridgehead atoms. The molecule has 5 heteroatoms. The molecule has 3 rings (SSSR count). The van der Waals surface area contributed by atoms with Gasteiger partial charge < -0.3 is 9.15 Å². The van der Waals surface area contributed by atoms with Crippen molar-refractivity contribution < 1.29 is 13.9 Å². The quantitative estimate of drug-likeness (QED) is 0.600. The molecular formula is C12H10Br2O3. The van der Waals surface area contributed by atoms with Crippen molar-refractivity contribution in [3.05, 3.63) is 36.3 Å². The van der Waals surface area contributed by atoms with E-state index in [0.717, 1.165) is 5.76 Å². The number of furan rings is 1. The van der Waals surface area contributed by atoms with Gasteiger partial charge in [-0.1, -0.05) is 44.0 Å². The lowest BCUT2D eigenvalue weighted by Gasteiger charge is -2.38. The standard InChI is InChI=1S/C12H10Br2O3/c13-9-8-3-4-12(17-8,11(14)10(9)15)6-7-2-1-5-16-7/h1-5,8-9,11H,6H2/t8-,9+,11+,12-/m0/s1. The van der Waals surface area contributed by atoms with Crippen LogP contribution in [0.3, 0.4) is 0 Å². The third-order valence-electron chi connectivity index (χ3n) is 3.19. The number of hydrogen-bond acceptors (Lipinski definition) is 3. The Hall–Kier alpha value is -0.390. The zero-order valence-corrected chi connectivity index (χ0v) is 12.0. The van der Waals surface area contributed by atoms with Crippen molar-refractivity contribution >= 4 is 37.6 Å². The first-order chi connectivity index (χ1) is 8.12. The Morgan fingerprint density at radius 2 is 2.24 bits per heavy atom. The second kappa shape index (κ2) is 4.07. The topological polar surface area (TPSA) is 39.4 Å². The summed E-state index contributed by atoms with van der Waals surface area (Å²) in [5.41, 5.74) is -0.607. The molecule has 2 aliphatic rings. The van der Waals surface area contributed by atoms with Gasteiger partial charge in [0.05, 0.1) is 12.4 Å². The van der Waals surface area contributed by atoms with Gasteiger partial charge in [0, 0.05) is 6.42 Å². The van der Waals surface area contributed by atoms with Gasteiger partial charge in [0.25, 0.3) is 0 Å². The third kappa shape index (κ3) is 1.75. The van der Waals surface area contributed by atoms with Gasteiger partial charge in [-0.15, -0.1) is 0 Å². The summed E-state index contributed by atoms with van der Waals surface area (Å²) in [5, 5.41) is 0. The van der Waals surface area contributed by atoms with E-state index in [4.69, 9.17) is 9.15 Å². The van der Waals surface area contributed by atoms with Crippen LogP contribution in [0, 0.1) is 0 Å². The normalized spacial score (nSPS) is 39.9. The highest BCUT2D eigenvalue weighted by Crippen LogP contribution is 2.42. The second-order valence-electron chi connectivity index (χ2n) is 4.32. The number of hydrogen-bond donors (Lipinski definition) is 0. The Morgan fingerprint density at radius 3 is 2.94 bits per heavy atom. The number of fused-ring (bicyclic) bond motifs is 2. The average Bonchev–Trinajstić information content (AvgIpc) is 2.94. The van der Waals surface area contributed by atoms with Crippen LogP contribution in [0.25, 0.3) is 0 Å². The van der Waals surface area contributed by atoms with Crippen LogP contribution in [0.2, 0.25) is 0 Å². The molecule has 0 saturated carbocycles. The lowest BCUT2D eigenvalue weighted by molar-refractivity contribution is -0.133. The molecule has 2 aliphatic heterocycles. The predicted octanol–water partition coefficient (Wildman–Crippen LogP) is 2.63. The first-order valence-corrected chi connectivity index (χ1v) is 7.17. The largest absolute Gasteiger partial charge is 0.469 e. The molecule has 0 amide bonds. The van der Waals surface area contributed by atoms with Crippen molar-refractivity contribution in [1.82, 2.24) is 0 Å². The molecule has 0 aromatic carbocycles. The molecule has 3 heterocycles. The number of carbonyl (C=O) groups is 1. The number of halogens is 2. The Balaban J connectivity index is 1.92. The third-order valence-corrected chi connectivity index (χ3v) is 5.39. The van der Waals surface area contributed by atoms with E-state index in [-0.39, 0.29) is 21.5 Å². The van der Waals surface area contributed by atoms with E-state index in [2.05, 4.69) is 31.9 Å². The summed E-state index contributed by atoms with van der Waals surface area (Å²) in [6, 6.07) is 3.73. The van der Waals surface area contributed by atoms with E-state index in [0.29, 0.717) is 6.42 Å². The van der Waals surface area contributed by atoms with E-state index < -0.39 is 5.60 Å². The maximum atomic E-state index is 12.1. The highest BCUT2D eigenvalue weighted by atomic mass is 79.9. The minimum absolute atomic E-state index is 0.123. The molecule has 0 N–H and O–H groups in total. The number of ether oxygens (including phenoxy) is 1. The van der Waals surface area contributed by atoms with Gasteiger partial charge in [0.2, 0.25) is 0 Å². The summed E-state index contributed by atoms with van der Waals surface area (Å²) in [6.45, 7) is 0. The zero-order chi connectivity index (χ0) is 12.0. The molecule has 1 saturated heterocycles. The van der Waals surface area contributed by atoms with Crippen LogP contribution < -0.4 is 0 Å². The van der Waals surface area contributed by atoms with Crippen LogP contribution in [-0.4, -0.2) is 27.1 Å². The number of Topliss-reactive ketones (excluding diaryl/α,β-unsaturated/α-hetero) is 1. The van der Waals surface area contributed by atoms with Crippen LogP contribution in [0.5, 0.6) is 0 Å². The number of carbonyl (C=O) groups excluding carboxylic acids is 1. The van der Waals surface area contributed by atoms with Crippen molar-refractivity contribution in [2.24, 2.45) is 0 Å². The average molecular weight is 362 g/mol. The van der Waals surface area contributed by atoms with Crippen molar-refractivity contribution in [3.8, 4) is 0 Å². The Kier molecular flexibility index (Phi) is 2.80. The zero-order valence-electron chi connectivity index (χ0n) is 8.81. The molecule has 0 unspecified atom stereocenters. The smallest absolute Gasteiger partial charge is 0.166 e. The van der Waals surface area contributed by atoms with Crippen LogP contribution in [0.1, 0.15) is 5.76 Å². The van der Waals surface area contributed by atoms with Crippen molar-refractivity contribution in [2.75, 3.05) is 0 Å². The lowest BCUT2D eigenvalue weighted by atomic mass is 9.90. The van der Waals surface area contributed by atoms with E-state index in [9.17, 15) is 4.79 Å². The predicted molar refractivity (Wildman–Crippen MR) is 69.6 cm³/mol. The summed E-state index contributed by atoms with van der Waals surface area (Å²) < 4.78 is 11.3. The molecule has 0 aliphatic carbocycles. The van der Waals surface area contributed by atoms with Gasteiger partial charge >= 0.3 is 0 Å². The van der Waals surface area contributed by atoms with Gasteiger partial charge in [0.1, 0.15) is 21.0 Å². The van der Waals surface area contributed by atoms with E-state index in [1.807, 2.05) is 24.3 Å². The molecule has 0 radical (unpaired) electrons. The maximum Gasteiger partial charge on any atom is 0.166 e. The van der Waals surface area contributed by atoms with Gasteiger partial charge in [-0.05, 0) is 12.1 Å². The van der Waals surface area contributed by atoms with E-state index in [1.165, 1.54) is 0 Å². The Labute approximate surface area is 115 Å². The van der Waals surface area contributed by atoms with Crippen molar-refractivity contribution in [3.63, 3.8) is 0 Å². The number of rotatable bonds is 2. The van der Waals surface area contributed by atoms with Crippen LogP contribution in [0.15, 0.2) is 35.0 Å². The highest BCUT2D eigenvalue weighted by molar-refractivity contribution is 9.10. The van der Waals surface area contributed by atoms with E-state index in [1.54, 1.807) is 6.26 Å². The minimum atomic E-state index is -0.607. The maximum absolute atomic E-state index is 12.1. The molecule has 90 valence electrons. The monoisotopic (exact) mass is 360 g/mol. The van der Waals surface area contributed by atoms with E-state index >= 15 is 0 Å². The summed E-state index contributed by atoms with van der Waals surface area (Å²) >= 11 is 6.82. The van der Waals surface area contributed by atoms with Crippen molar-refractivity contribution in [1.29, 1.82) is 0 Å². The van der Waals surface area contributed by atoms with Crippen LogP contribution >= 0.6 is 31.9 Å². The van der Waals surface area contributed by atoms with Crippen molar-refractivity contribution in [2.45, 2.75) is 27.8 Å². The lowest BCUT2D eigenvalue weighted by Crippen LogP contribution is -2.54. The number of alkyl halides is 2. The molecule has 1 aromatic heterocycles. The SMILES string of the molecule is O=C1[C@@H](Br)[C@@]2(Cc3ccco3)C=C[C@H](O2)[C@H]1Br. The molecule has 3 nitrogen and oxygen atoms in total. The van der Waals surface area contributed by atoms with Gasteiger partial charge in [0.15, 0.2) is 5.78 Å². The fourth-order valence-corrected chi connectivity index (χ4v) is 3.92. The second-order valence-corrected chi connectivity index (χ2v) is 6.22. The fourth-order valence-electron chi connectivity index (χ4n) is 2.31. The fraction of sp³-hybridized carbons (Fsp3) is 0.417. The highest BCUT2D eigenvalue weighted by Gasteiger charge is 2.54. The summed E-state index contributed by atoms with van der Waals surface area (Å²) in [5.74, 6) is 0.943. The molecular weight excluding hydrogens is 352 g/mol. The first kappa shape index (κ1) is 11.7. The molecule has 1 fully saturated rings. The minimum Gasteiger partial charge on any atom is -0.469 e. The molecule has 1 aromatic rings. The summed E-state index contributed by atoms with van der Waals surface area (Å²) in [4.78, 5) is 11.5. The van der Waals surface area contributed by atoms with Crippen LogP contribution in [-0.2, 0) is 16.0 Å². The number of ketones is 1. The first-order valence-electron chi connectivity index (χ1n) is 5.34. The van der Waals surface area contributed by atoms with Gasteiger partial charge in [-0.25, -0.2) is 0 Å². The summed E-state index contributed by atoms with van der Waals surface area (Å²) in [6.07, 6.45) is 5.93. The molecule has 17 heavy (non-hydrogen) atoms. The molecule has 0 spiro atoms. The summed E-state index contributed by atoms with van der Waals surface area (Å²) in [7, 11) is 0. The Bertz CT molecular complexity index is 468.